The maximum atomic E-state index is 14.6. The molecule has 0 spiro atoms. The van der Waals surface area contributed by atoms with Gasteiger partial charge < -0.3 is 14.6 Å². The Balaban J connectivity index is 1.42. The van der Waals surface area contributed by atoms with Gasteiger partial charge in [0.15, 0.2) is 11.5 Å². The molecule has 4 aromatic rings. The van der Waals surface area contributed by atoms with Gasteiger partial charge >= 0.3 is 0 Å². The maximum absolute atomic E-state index is 14.6. The van der Waals surface area contributed by atoms with Crippen LogP contribution in [0.25, 0.3) is 17.1 Å². The van der Waals surface area contributed by atoms with Crippen molar-refractivity contribution in [3.05, 3.63) is 65.5 Å². The summed E-state index contributed by atoms with van der Waals surface area (Å²) in [5, 5.41) is 19.4. The van der Waals surface area contributed by atoms with Crippen molar-refractivity contribution < 1.29 is 13.9 Å². The topological polar surface area (TPSA) is 99.8 Å². The van der Waals surface area contributed by atoms with Crippen molar-refractivity contribution >= 4 is 11.6 Å². The number of hydrogen-bond acceptors (Lipinski definition) is 6. The average molecular weight is 462 g/mol. The van der Waals surface area contributed by atoms with Gasteiger partial charge in [-0.1, -0.05) is 17.7 Å². The van der Waals surface area contributed by atoms with E-state index in [0.717, 1.165) is 38.1 Å². The third-order valence-electron chi connectivity index (χ3n) is 5.99. The zero-order valence-electron chi connectivity index (χ0n) is 19.0. The molecule has 0 saturated heterocycles. The fraction of sp³-hybridized carbons (Fsp3) is 0.292. The minimum atomic E-state index is -0.553. The highest BCUT2D eigenvalue weighted by Crippen LogP contribution is 2.27. The van der Waals surface area contributed by atoms with Gasteiger partial charge in [0.25, 0.3) is 5.91 Å². The van der Waals surface area contributed by atoms with Crippen molar-refractivity contribution in [1.29, 1.82) is 0 Å². The summed E-state index contributed by atoms with van der Waals surface area (Å²) >= 11 is 0. The Morgan fingerprint density at radius 2 is 1.97 bits per heavy atom. The summed E-state index contributed by atoms with van der Waals surface area (Å²) in [5.41, 5.74) is 2.05. The Morgan fingerprint density at radius 3 is 2.82 bits per heavy atom. The monoisotopic (exact) mass is 461 g/mol. The molecule has 2 aromatic heterocycles. The van der Waals surface area contributed by atoms with Gasteiger partial charge in [-0.2, -0.15) is 0 Å². The van der Waals surface area contributed by atoms with Crippen LogP contribution in [0.5, 0.6) is 5.75 Å². The quantitative estimate of drug-likeness (QED) is 0.483. The first-order valence-electron chi connectivity index (χ1n) is 11.1. The molecule has 2 aromatic carbocycles. The molecule has 1 aliphatic rings. The fourth-order valence-electron chi connectivity index (χ4n) is 4.17. The lowest BCUT2D eigenvalue weighted by Gasteiger charge is -2.10. The van der Waals surface area contributed by atoms with Crippen LogP contribution in [0.2, 0.25) is 0 Å². The molecule has 0 aliphatic carbocycles. The van der Waals surface area contributed by atoms with Gasteiger partial charge in [-0.15, -0.1) is 15.3 Å². The van der Waals surface area contributed by atoms with Crippen LogP contribution in [-0.2, 0) is 13.0 Å². The van der Waals surface area contributed by atoms with E-state index in [1.165, 1.54) is 10.7 Å². The first-order chi connectivity index (χ1) is 16.5. The third-order valence-corrected chi connectivity index (χ3v) is 5.99. The Hall–Kier alpha value is -4.08. The number of fused-ring (bicyclic) bond motifs is 1. The summed E-state index contributed by atoms with van der Waals surface area (Å²) in [7, 11) is 1.58. The van der Waals surface area contributed by atoms with Gasteiger partial charge in [0, 0.05) is 24.6 Å². The first kappa shape index (κ1) is 21.7. The van der Waals surface area contributed by atoms with E-state index in [2.05, 4.69) is 30.4 Å². The zero-order valence-corrected chi connectivity index (χ0v) is 19.0. The van der Waals surface area contributed by atoms with E-state index in [0.29, 0.717) is 28.5 Å². The van der Waals surface area contributed by atoms with Crippen molar-refractivity contribution in [2.75, 3.05) is 12.4 Å². The predicted molar refractivity (Wildman–Crippen MR) is 124 cm³/mol. The molecule has 10 heteroatoms. The zero-order chi connectivity index (χ0) is 23.7. The lowest BCUT2D eigenvalue weighted by Crippen LogP contribution is -2.15. The molecular formula is C24H24FN7O2. The summed E-state index contributed by atoms with van der Waals surface area (Å²) < 4.78 is 23.5. The highest BCUT2D eigenvalue weighted by atomic mass is 19.1. The summed E-state index contributed by atoms with van der Waals surface area (Å²) in [4.78, 5) is 13.0. The number of anilines is 1. The number of hydrogen-bond donors (Lipinski definition) is 1. The normalized spacial score (nSPS) is 13.3. The number of aromatic nitrogens is 6. The van der Waals surface area contributed by atoms with Gasteiger partial charge in [0.2, 0.25) is 0 Å². The molecule has 34 heavy (non-hydrogen) atoms. The number of carbonyl (C=O) groups excluding carboxylic acids is 1. The van der Waals surface area contributed by atoms with Gasteiger partial charge in [0.1, 0.15) is 17.4 Å². The lowest BCUT2D eigenvalue weighted by molar-refractivity contribution is 0.102. The number of benzene rings is 2. The first-order valence-corrected chi connectivity index (χ1v) is 11.1. The van der Waals surface area contributed by atoms with Crippen molar-refractivity contribution in [1.82, 2.24) is 29.8 Å². The molecule has 0 bridgehead atoms. The molecule has 9 nitrogen and oxygen atoms in total. The highest BCUT2D eigenvalue weighted by Gasteiger charge is 2.21. The van der Waals surface area contributed by atoms with Gasteiger partial charge in [-0.05, 0) is 50.1 Å². The minimum Gasteiger partial charge on any atom is -0.497 e. The van der Waals surface area contributed by atoms with E-state index in [9.17, 15) is 9.18 Å². The molecule has 174 valence electrons. The second kappa shape index (κ2) is 9.05. The summed E-state index contributed by atoms with van der Waals surface area (Å²) in [6, 6.07) is 11.8. The van der Waals surface area contributed by atoms with Crippen LogP contribution in [0.1, 0.15) is 41.3 Å². The Bertz CT molecular complexity index is 1360. The number of methoxy groups -OCH3 is 1. The summed E-state index contributed by atoms with van der Waals surface area (Å²) in [6.45, 7) is 2.55. The predicted octanol–water partition coefficient (Wildman–Crippen LogP) is 3.96. The Labute approximate surface area is 195 Å². The number of nitrogens with one attached hydrogen (secondary N) is 1. The van der Waals surface area contributed by atoms with Crippen LogP contribution in [0, 0.1) is 12.7 Å². The molecule has 0 unspecified atom stereocenters. The molecule has 0 radical (unpaired) electrons. The number of nitrogens with zero attached hydrogens (tertiary/aromatic N) is 6. The molecule has 0 atom stereocenters. The molecule has 0 saturated carbocycles. The smallest absolute Gasteiger partial charge is 0.278 e. The highest BCUT2D eigenvalue weighted by molar-refractivity contribution is 6.03. The molecule has 1 N–H and O–H groups in total. The van der Waals surface area contributed by atoms with Crippen LogP contribution in [-0.4, -0.2) is 42.8 Å². The van der Waals surface area contributed by atoms with Crippen molar-refractivity contribution in [3.8, 4) is 22.8 Å². The van der Waals surface area contributed by atoms with E-state index in [1.54, 1.807) is 32.2 Å². The second-order valence-corrected chi connectivity index (χ2v) is 8.19. The van der Waals surface area contributed by atoms with Crippen LogP contribution >= 0.6 is 0 Å². The number of aryl methyl sites for hydroxylation is 1. The summed E-state index contributed by atoms with van der Waals surface area (Å²) in [5.74, 6) is 1.16. The van der Waals surface area contributed by atoms with Gasteiger partial charge in [-0.25, -0.2) is 9.07 Å². The lowest BCUT2D eigenvalue weighted by atomic mass is 10.1. The number of rotatable bonds is 5. The number of amides is 1. The largest absolute Gasteiger partial charge is 0.497 e. The van der Waals surface area contributed by atoms with Crippen LogP contribution in [0.4, 0.5) is 10.1 Å². The summed E-state index contributed by atoms with van der Waals surface area (Å²) in [6.07, 6.45) is 4.15. The minimum absolute atomic E-state index is 0.0452. The van der Waals surface area contributed by atoms with E-state index < -0.39 is 11.7 Å². The number of ether oxygens (including phenoxy) is 1. The maximum Gasteiger partial charge on any atom is 0.278 e. The van der Waals surface area contributed by atoms with Gasteiger partial charge in [0.05, 0.1) is 24.2 Å². The fourth-order valence-corrected chi connectivity index (χ4v) is 4.17. The third kappa shape index (κ3) is 4.02. The second-order valence-electron chi connectivity index (χ2n) is 8.19. The van der Waals surface area contributed by atoms with E-state index in [4.69, 9.17) is 4.74 Å². The van der Waals surface area contributed by atoms with Crippen LogP contribution in [0.15, 0.2) is 42.5 Å². The molecular weight excluding hydrogens is 437 g/mol. The van der Waals surface area contributed by atoms with E-state index >= 15 is 0 Å². The van der Waals surface area contributed by atoms with Crippen molar-refractivity contribution in [2.45, 2.75) is 39.2 Å². The average Bonchev–Trinajstić information content (AvgIpc) is 3.35. The molecule has 0 fully saturated rings. The molecule has 1 amide bonds. The molecule has 3 heterocycles. The Morgan fingerprint density at radius 1 is 1.09 bits per heavy atom. The standard InChI is InChI=1S/C24H24FN7O2/c1-15-22(28-30-32(15)17-7-6-8-18(14-17)34-2)24(33)26-20-13-16(10-11-19(20)25)23-29-27-21-9-4-3-5-12-31(21)23/h6-8,10-11,13-14H,3-5,9,12H2,1-2H3,(H,26,33). The van der Waals surface area contributed by atoms with Gasteiger partial charge in [-0.3, -0.25) is 4.79 Å². The van der Waals surface area contributed by atoms with E-state index in [1.807, 2.05) is 18.2 Å². The van der Waals surface area contributed by atoms with Crippen LogP contribution in [0.3, 0.4) is 0 Å². The number of halogens is 1. The van der Waals surface area contributed by atoms with Crippen LogP contribution < -0.4 is 10.1 Å². The van der Waals surface area contributed by atoms with Crippen molar-refractivity contribution in [2.24, 2.45) is 0 Å². The molecule has 1 aliphatic heterocycles. The SMILES string of the molecule is COc1cccc(-n2nnc(C(=O)Nc3cc(-c4nnc5n4CCCCC5)ccc3F)c2C)c1. The van der Waals surface area contributed by atoms with E-state index in [-0.39, 0.29) is 11.4 Å². The number of carbonyl (C=O) groups is 1. The Kier molecular flexibility index (Phi) is 5.79. The van der Waals surface area contributed by atoms with Crippen molar-refractivity contribution in [3.63, 3.8) is 0 Å². The molecule has 5 rings (SSSR count).